The number of rotatable bonds is 11. The molecule has 7 aliphatic heterocycles. The van der Waals surface area contributed by atoms with Gasteiger partial charge in [-0.3, -0.25) is 43.7 Å². The Labute approximate surface area is 491 Å². The molecule has 85 heavy (non-hydrogen) atoms. The Bertz CT molecular complexity index is 3750. The number of aryl methyl sites for hydroxylation is 1. The first-order valence-corrected chi connectivity index (χ1v) is 30.1. The lowest BCUT2D eigenvalue weighted by Gasteiger charge is -2.42. The number of terminal acetylenes is 1. The van der Waals surface area contributed by atoms with Gasteiger partial charge in [0.05, 0.1) is 39.6 Å². The van der Waals surface area contributed by atoms with Gasteiger partial charge in [-0.05, 0) is 121 Å². The molecular formula is C63H72F2N12O8. The fourth-order valence-corrected chi connectivity index (χ4v) is 14.8. The molecule has 0 radical (unpaired) electrons. The van der Waals surface area contributed by atoms with Crippen LogP contribution in [0.4, 0.5) is 29.9 Å². The number of pyridine rings is 1. The molecule has 10 heterocycles. The van der Waals surface area contributed by atoms with Crippen molar-refractivity contribution in [2.75, 3.05) is 88.5 Å². The van der Waals surface area contributed by atoms with Crippen molar-refractivity contribution >= 4 is 68.2 Å². The largest absolute Gasteiger partial charge is 0.461 e. The molecule has 13 rings (SSSR count). The van der Waals surface area contributed by atoms with Crippen molar-refractivity contribution in [1.82, 2.24) is 49.0 Å². The van der Waals surface area contributed by atoms with Gasteiger partial charge in [-0.15, -0.1) is 6.42 Å². The summed E-state index contributed by atoms with van der Waals surface area (Å²) in [6, 6.07) is 13.0. The maximum atomic E-state index is 17.5. The number of aromatic nitrogens is 5. The van der Waals surface area contributed by atoms with E-state index in [0.29, 0.717) is 65.2 Å². The zero-order valence-corrected chi connectivity index (χ0v) is 48.7. The Morgan fingerprint density at radius 3 is 2.38 bits per heavy atom. The van der Waals surface area contributed by atoms with E-state index in [-0.39, 0.29) is 96.3 Å². The second-order valence-corrected chi connectivity index (χ2v) is 25.3. The van der Waals surface area contributed by atoms with E-state index in [4.69, 9.17) is 30.6 Å². The molecule has 4 amide bonds. The van der Waals surface area contributed by atoms with Crippen LogP contribution in [0.1, 0.15) is 96.6 Å². The number of nitrogens with zero attached hydrogens (tertiary/aromatic N) is 11. The highest BCUT2D eigenvalue weighted by Gasteiger charge is 2.51. The number of fused-ring (bicyclic) bond motifs is 6. The van der Waals surface area contributed by atoms with Gasteiger partial charge in [-0.1, -0.05) is 30.2 Å². The zero-order valence-electron chi connectivity index (χ0n) is 48.7. The minimum atomic E-state index is -0.727. The number of imidazole rings is 1. The standard InChI is InChI=1S/C63H72F2N12O8/c1-6-44-47(64)15-11-39-9-7-10-45(52(39)44)54-53(65)55-46(32-66-54)56(74-34-41-12-13-42(35-74)76(41)61(82)85-62(2,3)4)69-58(68-55)84-37-63-22-8-24-75(63)43(19-23-63)36-83-60(81)73-25-20-38(21-26-73)33-71-27-29-72(30-28-71)40-14-16-48-50(31-40)70(5)59(80)77(48)49-17-18-51(78)67-57(49)79/h1,7,9-11,14-16,31-32,38,41-43,49H,8,12-13,17-30,33-37H2,2-5H3,(H,67,78,79)/t41?,42?,43-,49?,63-/m0/s1. The summed E-state index contributed by atoms with van der Waals surface area (Å²) in [6.07, 6.45) is 14.0. The van der Waals surface area contributed by atoms with Crippen molar-refractivity contribution in [1.29, 1.82) is 0 Å². The predicted molar refractivity (Wildman–Crippen MR) is 315 cm³/mol. The van der Waals surface area contributed by atoms with E-state index >= 15 is 8.78 Å². The molecule has 20 nitrogen and oxygen atoms in total. The topological polar surface area (TPSA) is 193 Å². The van der Waals surface area contributed by atoms with E-state index in [1.54, 1.807) is 42.1 Å². The molecule has 3 aromatic heterocycles. The first-order valence-electron chi connectivity index (χ1n) is 30.1. The number of carbonyl (C=O) groups is 4. The zero-order chi connectivity index (χ0) is 59.1. The third-order valence-electron chi connectivity index (χ3n) is 19.0. The fourth-order valence-electron chi connectivity index (χ4n) is 14.8. The highest BCUT2D eigenvalue weighted by atomic mass is 19.1. The number of halogens is 2. The Morgan fingerprint density at radius 2 is 1.64 bits per heavy atom. The number of hydrogen-bond donors (Lipinski definition) is 1. The first kappa shape index (κ1) is 56.2. The van der Waals surface area contributed by atoms with E-state index in [0.717, 1.165) is 102 Å². The molecular weight excluding hydrogens is 1090 g/mol. The van der Waals surface area contributed by atoms with Gasteiger partial charge in [0.2, 0.25) is 11.8 Å². The quantitative estimate of drug-likeness (QED) is 0.0998. The molecule has 0 saturated carbocycles. The molecule has 3 unspecified atom stereocenters. The van der Waals surface area contributed by atoms with Crippen molar-refractivity contribution in [3.8, 4) is 29.6 Å². The van der Waals surface area contributed by atoms with Gasteiger partial charge in [-0.25, -0.2) is 23.2 Å². The summed E-state index contributed by atoms with van der Waals surface area (Å²) in [7, 11) is 1.71. The van der Waals surface area contributed by atoms with E-state index in [9.17, 15) is 24.0 Å². The summed E-state index contributed by atoms with van der Waals surface area (Å²) < 4.78 is 54.4. The Hall–Kier alpha value is -7.90. The molecule has 3 aromatic carbocycles. The summed E-state index contributed by atoms with van der Waals surface area (Å²) >= 11 is 0. The average molecular weight is 1160 g/mol. The van der Waals surface area contributed by atoms with Crippen LogP contribution in [-0.2, 0) is 26.1 Å². The molecule has 446 valence electrons. The van der Waals surface area contributed by atoms with E-state index < -0.39 is 29.2 Å². The summed E-state index contributed by atoms with van der Waals surface area (Å²) in [5, 5.41) is 3.75. The predicted octanol–water partition coefficient (Wildman–Crippen LogP) is 7.37. The normalized spacial score (nSPS) is 24.2. The summed E-state index contributed by atoms with van der Waals surface area (Å²) in [5.41, 5.74) is 1.41. The van der Waals surface area contributed by atoms with Crippen LogP contribution in [0.5, 0.6) is 6.01 Å². The molecule has 7 fully saturated rings. The maximum Gasteiger partial charge on any atom is 0.410 e. The van der Waals surface area contributed by atoms with Gasteiger partial charge >= 0.3 is 23.9 Å². The summed E-state index contributed by atoms with van der Waals surface area (Å²) in [5.74, 6) is 1.27. The molecule has 7 saturated heterocycles. The Kier molecular flexibility index (Phi) is 14.7. The molecule has 6 aromatic rings. The van der Waals surface area contributed by atoms with Gasteiger partial charge in [0.1, 0.15) is 47.7 Å². The third-order valence-corrected chi connectivity index (χ3v) is 19.0. The van der Waals surface area contributed by atoms with Crippen molar-refractivity contribution in [2.24, 2.45) is 13.0 Å². The highest BCUT2D eigenvalue weighted by molar-refractivity contribution is 6.02. The van der Waals surface area contributed by atoms with Crippen LogP contribution >= 0.6 is 0 Å². The average Bonchev–Trinajstić information content (AvgIpc) is 2.23. The lowest BCUT2D eigenvalue weighted by molar-refractivity contribution is -0.135. The van der Waals surface area contributed by atoms with Crippen LogP contribution in [0.2, 0.25) is 0 Å². The van der Waals surface area contributed by atoms with Crippen LogP contribution in [0.3, 0.4) is 0 Å². The van der Waals surface area contributed by atoms with E-state index in [1.807, 2.05) is 48.8 Å². The van der Waals surface area contributed by atoms with Crippen LogP contribution in [0, 0.1) is 29.9 Å². The SMILES string of the molecule is C#Cc1c(F)ccc2cccc(-c3ncc4c(N5CC6CCC(C5)N6C(=O)OC(C)(C)C)nc(OC[C@@]56CCCN5[C@H](COC(=O)N5CCC(CN7CCN(c8ccc9c(c8)n(C)c(=O)n9C8CCC(=O)NC8=O)CC7)CC5)CC6)nc4c3F)c12. The second kappa shape index (κ2) is 22.2. The molecule has 2 bridgehead atoms. The molecule has 5 atom stereocenters. The van der Waals surface area contributed by atoms with Crippen molar-refractivity contribution in [2.45, 2.75) is 120 Å². The lowest BCUT2D eigenvalue weighted by atomic mass is 9.95. The van der Waals surface area contributed by atoms with E-state index in [2.05, 4.69) is 35.8 Å². The van der Waals surface area contributed by atoms with Crippen LogP contribution in [-0.4, -0.2) is 176 Å². The van der Waals surface area contributed by atoms with Gasteiger partial charge in [0.25, 0.3) is 0 Å². The number of piperidine rings is 2. The third kappa shape index (κ3) is 10.4. The molecule has 7 aliphatic rings. The fraction of sp³-hybridized carbons (Fsp3) is 0.524. The number of hydrogen-bond acceptors (Lipinski definition) is 15. The van der Waals surface area contributed by atoms with Crippen LogP contribution in [0.25, 0.3) is 44.0 Å². The smallest absolute Gasteiger partial charge is 0.410 e. The maximum absolute atomic E-state index is 17.5. The number of amides is 4. The van der Waals surface area contributed by atoms with Crippen LogP contribution in [0.15, 0.2) is 59.5 Å². The molecule has 0 aliphatic carbocycles. The van der Waals surface area contributed by atoms with Crippen molar-refractivity contribution in [3.05, 3.63) is 82.4 Å². The number of anilines is 2. The first-order chi connectivity index (χ1) is 40.9. The second-order valence-electron chi connectivity index (χ2n) is 25.3. The summed E-state index contributed by atoms with van der Waals surface area (Å²) in [6.45, 7) is 13.4. The van der Waals surface area contributed by atoms with Crippen molar-refractivity contribution < 1.29 is 42.2 Å². The number of ether oxygens (including phenoxy) is 3. The molecule has 0 spiro atoms. The number of piperazine rings is 2. The Balaban J connectivity index is 0.643. The van der Waals surface area contributed by atoms with Gasteiger partial charge in [-0.2, -0.15) is 9.97 Å². The molecule has 1 N–H and O–H groups in total. The Morgan fingerprint density at radius 1 is 0.859 bits per heavy atom. The van der Waals surface area contributed by atoms with Crippen molar-refractivity contribution in [3.63, 3.8) is 0 Å². The van der Waals surface area contributed by atoms with Crippen LogP contribution < -0.4 is 25.5 Å². The minimum Gasteiger partial charge on any atom is -0.461 e. The van der Waals surface area contributed by atoms with Gasteiger partial charge < -0.3 is 28.9 Å². The highest BCUT2D eigenvalue weighted by Crippen LogP contribution is 2.44. The number of likely N-dealkylation sites (tertiary alicyclic amines) is 1. The number of imide groups is 1. The number of nitrogens with one attached hydrogen (secondary N) is 1. The molecule has 22 heteroatoms. The monoisotopic (exact) mass is 1160 g/mol. The lowest BCUT2D eigenvalue weighted by Crippen LogP contribution is -2.57. The van der Waals surface area contributed by atoms with E-state index in [1.165, 1.54) is 10.6 Å². The number of benzene rings is 3. The number of carbonyl (C=O) groups excluding carboxylic acids is 4. The summed E-state index contributed by atoms with van der Waals surface area (Å²) in [4.78, 5) is 92.5. The minimum absolute atomic E-state index is 0.00105. The van der Waals surface area contributed by atoms with Gasteiger partial charge in [0, 0.05) is 101 Å². The van der Waals surface area contributed by atoms with Gasteiger partial charge in [0.15, 0.2) is 5.82 Å².